The number of rotatable bonds is 1. The second-order valence-electron chi connectivity index (χ2n) is 6.81. The zero-order chi connectivity index (χ0) is 17.4. The highest BCUT2D eigenvalue weighted by molar-refractivity contribution is 7.85. The van der Waals surface area contributed by atoms with Crippen LogP contribution >= 0.6 is 0 Å². The average molecular weight is 354 g/mol. The lowest BCUT2D eigenvalue weighted by Crippen LogP contribution is -2.36. The van der Waals surface area contributed by atoms with Gasteiger partial charge in [-0.05, 0) is 47.2 Å². The Hall–Kier alpha value is -2.14. The zero-order valence-corrected chi connectivity index (χ0v) is 15.1. The Labute approximate surface area is 150 Å². The van der Waals surface area contributed by atoms with E-state index in [1.54, 1.807) is 4.90 Å². The van der Waals surface area contributed by atoms with Gasteiger partial charge < -0.3 is 10.2 Å². The highest BCUT2D eigenvalue weighted by Crippen LogP contribution is 2.37. The lowest BCUT2D eigenvalue weighted by Gasteiger charge is -2.20. The Bertz CT molecular complexity index is 849. The van der Waals surface area contributed by atoms with Crippen LogP contribution in [0.1, 0.15) is 24.5 Å². The van der Waals surface area contributed by atoms with Gasteiger partial charge in [0, 0.05) is 40.6 Å². The van der Waals surface area contributed by atoms with Crippen molar-refractivity contribution in [2.24, 2.45) is 0 Å². The Kier molecular flexibility index (Phi) is 4.34. The lowest BCUT2D eigenvalue weighted by molar-refractivity contribution is 0.215. The van der Waals surface area contributed by atoms with Crippen molar-refractivity contribution in [3.8, 4) is 11.1 Å². The number of benzene rings is 2. The van der Waals surface area contributed by atoms with Crippen molar-refractivity contribution in [2.45, 2.75) is 25.0 Å². The van der Waals surface area contributed by atoms with Gasteiger partial charge in [-0.1, -0.05) is 37.3 Å². The molecule has 1 aliphatic heterocycles. The number of anilines is 1. The first kappa shape index (κ1) is 16.3. The van der Waals surface area contributed by atoms with Gasteiger partial charge in [0.25, 0.3) is 0 Å². The first-order valence-corrected chi connectivity index (χ1v) is 10.1. The van der Waals surface area contributed by atoms with Crippen molar-refractivity contribution in [1.29, 1.82) is 0 Å². The summed E-state index contributed by atoms with van der Waals surface area (Å²) in [5.74, 6) is 0.564. The SMILES string of the molecule is CC1CCN(C(=O)Nc2ccc3c(c2)Cc2ccccc2-3)CCS1=O. The van der Waals surface area contributed by atoms with Gasteiger partial charge in [0.1, 0.15) is 0 Å². The molecule has 1 aliphatic carbocycles. The van der Waals surface area contributed by atoms with Gasteiger partial charge in [0.05, 0.1) is 0 Å². The maximum absolute atomic E-state index is 12.6. The van der Waals surface area contributed by atoms with Crippen LogP contribution in [-0.4, -0.2) is 39.2 Å². The largest absolute Gasteiger partial charge is 0.324 e. The predicted octanol–water partition coefficient (Wildman–Crippen LogP) is 3.63. The quantitative estimate of drug-likeness (QED) is 0.725. The molecule has 1 N–H and O–H groups in total. The van der Waals surface area contributed by atoms with Crippen LogP contribution in [-0.2, 0) is 17.2 Å². The van der Waals surface area contributed by atoms with Gasteiger partial charge in [0.2, 0.25) is 0 Å². The summed E-state index contributed by atoms with van der Waals surface area (Å²) in [6.07, 6.45) is 1.70. The number of amides is 2. The van der Waals surface area contributed by atoms with E-state index < -0.39 is 10.8 Å². The molecule has 0 bridgehead atoms. The molecular weight excluding hydrogens is 332 g/mol. The molecule has 4 rings (SSSR count). The van der Waals surface area contributed by atoms with Crippen LogP contribution < -0.4 is 5.32 Å². The third kappa shape index (κ3) is 3.21. The monoisotopic (exact) mass is 354 g/mol. The summed E-state index contributed by atoms with van der Waals surface area (Å²) >= 11 is 0. The molecule has 2 amide bonds. The topological polar surface area (TPSA) is 49.4 Å². The molecule has 25 heavy (non-hydrogen) atoms. The molecule has 0 aromatic heterocycles. The molecule has 2 aromatic rings. The van der Waals surface area contributed by atoms with Crippen molar-refractivity contribution in [2.75, 3.05) is 24.2 Å². The second-order valence-corrected chi connectivity index (χ2v) is 8.78. The van der Waals surface area contributed by atoms with E-state index >= 15 is 0 Å². The highest BCUT2D eigenvalue weighted by atomic mass is 32.2. The molecule has 5 heteroatoms. The van der Waals surface area contributed by atoms with Gasteiger partial charge in [-0.2, -0.15) is 0 Å². The summed E-state index contributed by atoms with van der Waals surface area (Å²) in [6, 6.07) is 14.5. The van der Waals surface area contributed by atoms with E-state index in [0.717, 1.165) is 18.5 Å². The van der Waals surface area contributed by atoms with E-state index in [4.69, 9.17) is 0 Å². The smallest absolute Gasteiger partial charge is 0.321 e. The van der Waals surface area contributed by atoms with E-state index in [0.29, 0.717) is 18.8 Å². The Balaban J connectivity index is 1.48. The molecule has 2 aromatic carbocycles. The number of carbonyl (C=O) groups is 1. The standard InChI is InChI=1S/C20H22N2O2S/c1-14-8-9-22(10-11-25(14)24)20(23)21-17-6-7-19-16(13-17)12-15-4-2-3-5-18(15)19/h2-7,13-14H,8-12H2,1H3,(H,21,23). The molecule has 1 saturated heterocycles. The molecule has 0 radical (unpaired) electrons. The van der Waals surface area contributed by atoms with E-state index in [-0.39, 0.29) is 11.3 Å². The van der Waals surface area contributed by atoms with Crippen LogP contribution in [0.5, 0.6) is 0 Å². The fourth-order valence-electron chi connectivity index (χ4n) is 3.61. The minimum Gasteiger partial charge on any atom is -0.324 e. The van der Waals surface area contributed by atoms with Crippen LogP contribution in [0.2, 0.25) is 0 Å². The van der Waals surface area contributed by atoms with Gasteiger partial charge in [-0.25, -0.2) is 4.79 Å². The summed E-state index contributed by atoms with van der Waals surface area (Å²) in [6.45, 7) is 3.21. The summed E-state index contributed by atoms with van der Waals surface area (Å²) in [7, 11) is -0.830. The van der Waals surface area contributed by atoms with Gasteiger partial charge >= 0.3 is 6.03 Å². The number of carbonyl (C=O) groups excluding carboxylic acids is 1. The number of nitrogens with zero attached hydrogens (tertiary/aromatic N) is 1. The maximum Gasteiger partial charge on any atom is 0.321 e. The number of hydrogen-bond acceptors (Lipinski definition) is 2. The number of hydrogen-bond donors (Lipinski definition) is 1. The Morgan fingerprint density at radius 1 is 1.12 bits per heavy atom. The number of urea groups is 1. The van der Waals surface area contributed by atoms with Crippen LogP contribution in [0.3, 0.4) is 0 Å². The molecule has 1 fully saturated rings. The molecule has 0 spiro atoms. The summed E-state index contributed by atoms with van der Waals surface area (Å²) in [4.78, 5) is 14.3. The summed E-state index contributed by atoms with van der Waals surface area (Å²) < 4.78 is 11.9. The Morgan fingerprint density at radius 3 is 2.80 bits per heavy atom. The van der Waals surface area contributed by atoms with Crippen molar-refractivity contribution in [1.82, 2.24) is 4.90 Å². The first-order chi connectivity index (χ1) is 12.1. The fourth-order valence-corrected chi connectivity index (χ4v) is 4.78. The van der Waals surface area contributed by atoms with E-state index in [1.807, 2.05) is 13.0 Å². The highest BCUT2D eigenvalue weighted by Gasteiger charge is 2.23. The maximum atomic E-state index is 12.6. The van der Waals surface area contributed by atoms with Gasteiger partial charge in [0.15, 0.2) is 0 Å². The summed E-state index contributed by atoms with van der Waals surface area (Å²) in [5.41, 5.74) is 5.97. The van der Waals surface area contributed by atoms with Crippen molar-refractivity contribution in [3.05, 3.63) is 53.6 Å². The van der Waals surface area contributed by atoms with Crippen LogP contribution in [0.15, 0.2) is 42.5 Å². The minimum absolute atomic E-state index is 0.0958. The fraction of sp³-hybridized carbons (Fsp3) is 0.350. The third-order valence-corrected chi connectivity index (χ3v) is 6.87. The van der Waals surface area contributed by atoms with Gasteiger partial charge in [-0.15, -0.1) is 0 Å². The molecule has 1 heterocycles. The van der Waals surface area contributed by atoms with Crippen LogP contribution in [0.25, 0.3) is 11.1 Å². The first-order valence-electron chi connectivity index (χ1n) is 8.76. The van der Waals surface area contributed by atoms with Crippen LogP contribution in [0, 0.1) is 0 Å². The van der Waals surface area contributed by atoms with Crippen molar-refractivity contribution < 1.29 is 9.00 Å². The predicted molar refractivity (Wildman–Crippen MR) is 102 cm³/mol. The zero-order valence-electron chi connectivity index (χ0n) is 14.3. The number of nitrogens with one attached hydrogen (secondary N) is 1. The molecule has 130 valence electrons. The third-order valence-electron chi connectivity index (χ3n) is 5.15. The molecule has 0 saturated carbocycles. The Morgan fingerprint density at radius 2 is 1.92 bits per heavy atom. The minimum atomic E-state index is -0.830. The normalized spacial score (nSPS) is 22.0. The van der Waals surface area contributed by atoms with E-state index in [9.17, 15) is 9.00 Å². The molecule has 2 unspecified atom stereocenters. The molecule has 4 nitrogen and oxygen atoms in total. The molecular formula is C20H22N2O2S. The second kappa shape index (κ2) is 6.64. The summed E-state index contributed by atoms with van der Waals surface area (Å²) in [5, 5.41) is 3.18. The molecule has 2 atom stereocenters. The van der Waals surface area contributed by atoms with E-state index in [2.05, 4.69) is 41.7 Å². The number of fused-ring (bicyclic) bond motifs is 3. The average Bonchev–Trinajstić information content (AvgIpc) is 2.89. The van der Waals surface area contributed by atoms with E-state index in [1.165, 1.54) is 22.3 Å². The van der Waals surface area contributed by atoms with Crippen molar-refractivity contribution in [3.63, 3.8) is 0 Å². The molecule has 2 aliphatic rings. The lowest BCUT2D eigenvalue weighted by atomic mass is 10.1. The van der Waals surface area contributed by atoms with Gasteiger partial charge in [-0.3, -0.25) is 4.21 Å². The van der Waals surface area contributed by atoms with Crippen LogP contribution in [0.4, 0.5) is 10.5 Å². The van der Waals surface area contributed by atoms with Crippen molar-refractivity contribution >= 4 is 22.5 Å².